The third kappa shape index (κ3) is 5.21. The molecule has 3 rings (SSSR count). The molecule has 8 nitrogen and oxygen atoms in total. The second kappa shape index (κ2) is 9.91. The number of hydrogen-bond donors (Lipinski definition) is 3. The van der Waals surface area contributed by atoms with E-state index < -0.39 is 35.8 Å². The SMILES string of the molecule is CCN1C=C(C)C(=O)C(NC(=O)N[C@@H](CC(=O)O)c2cccc(-c3ccccc3)c2)C1=O. The molecule has 2 atom stereocenters. The second-order valence-electron chi connectivity index (χ2n) is 7.49. The first-order valence-electron chi connectivity index (χ1n) is 10.3. The van der Waals surface area contributed by atoms with Crippen molar-refractivity contribution in [3.05, 3.63) is 71.9 Å². The number of carbonyl (C=O) groups is 4. The number of carboxylic acid groups (broad SMARTS) is 1. The normalized spacial score (nSPS) is 16.9. The van der Waals surface area contributed by atoms with Crippen LogP contribution in [0.5, 0.6) is 0 Å². The Balaban J connectivity index is 1.80. The molecule has 3 N–H and O–H groups in total. The lowest BCUT2D eigenvalue weighted by Gasteiger charge is -2.29. The van der Waals surface area contributed by atoms with Gasteiger partial charge in [-0.1, -0.05) is 48.5 Å². The van der Waals surface area contributed by atoms with E-state index in [0.717, 1.165) is 11.1 Å². The first kappa shape index (κ1) is 22.7. The maximum atomic E-state index is 12.7. The molecular weight excluding hydrogens is 410 g/mol. The molecule has 0 spiro atoms. The Labute approximate surface area is 185 Å². The molecule has 2 aromatic carbocycles. The van der Waals surface area contributed by atoms with E-state index in [1.807, 2.05) is 42.5 Å². The lowest BCUT2D eigenvalue weighted by atomic mass is 9.98. The monoisotopic (exact) mass is 435 g/mol. The number of Topliss-reactive ketones (excluding diaryl/α,β-unsaturated/α-hetero) is 1. The topological polar surface area (TPSA) is 116 Å². The first-order chi connectivity index (χ1) is 15.3. The molecule has 0 aromatic heterocycles. The summed E-state index contributed by atoms with van der Waals surface area (Å²) in [5, 5.41) is 14.4. The van der Waals surface area contributed by atoms with Gasteiger partial charge in [0, 0.05) is 18.3 Å². The van der Waals surface area contributed by atoms with Crippen LogP contribution in [0.2, 0.25) is 0 Å². The van der Waals surface area contributed by atoms with Gasteiger partial charge in [0.15, 0.2) is 11.8 Å². The molecule has 0 saturated carbocycles. The molecule has 166 valence electrons. The van der Waals surface area contributed by atoms with Gasteiger partial charge in [-0.05, 0) is 36.6 Å². The van der Waals surface area contributed by atoms with Crippen LogP contribution >= 0.6 is 0 Å². The Hall–Kier alpha value is -3.94. The van der Waals surface area contributed by atoms with Crippen LogP contribution in [0.15, 0.2) is 66.4 Å². The summed E-state index contributed by atoms with van der Waals surface area (Å²) in [4.78, 5) is 50.4. The standard InChI is InChI=1S/C24H25N3O5/c1-3-27-14-15(2)22(30)21(23(27)31)26-24(32)25-19(13-20(28)29)18-11-7-10-17(12-18)16-8-5-4-6-9-16/h4-12,14,19,21H,3,13H2,1-2H3,(H,28,29)(H2,25,26,32)/t19-,21?/m0/s1. The number of hydrogen-bond acceptors (Lipinski definition) is 4. The molecule has 8 heteroatoms. The van der Waals surface area contributed by atoms with Crippen molar-refractivity contribution in [2.45, 2.75) is 32.4 Å². The molecule has 0 radical (unpaired) electrons. The highest BCUT2D eigenvalue weighted by Gasteiger charge is 2.36. The van der Waals surface area contributed by atoms with Gasteiger partial charge in [-0.25, -0.2) is 4.79 Å². The highest BCUT2D eigenvalue weighted by Crippen LogP contribution is 2.25. The van der Waals surface area contributed by atoms with Crippen LogP contribution in [0.3, 0.4) is 0 Å². The number of likely N-dealkylation sites (N-methyl/N-ethyl adjacent to an activating group) is 1. The van der Waals surface area contributed by atoms with Crippen LogP contribution in [0.25, 0.3) is 11.1 Å². The van der Waals surface area contributed by atoms with Crippen molar-refractivity contribution in [2.24, 2.45) is 0 Å². The van der Waals surface area contributed by atoms with Gasteiger partial charge in [0.05, 0.1) is 12.5 Å². The highest BCUT2D eigenvalue weighted by molar-refractivity contribution is 6.16. The molecule has 1 aliphatic heterocycles. The van der Waals surface area contributed by atoms with E-state index in [9.17, 15) is 24.3 Å². The van der Waals surface area contributed by atoms with E-state index in [0.29, 0.717) is 17.7 Å². The Kier molecular flexibility index (Phi) is 7.04. The van der Waals surface area contributed by atoms with Crippen LogP contribution in [0, 0.1) is 0 Å². The number of aliphatic carboxylic acids is 1. The molecular formula is C24H25N3O5. The summed E-state index contributed by atoms with van der Waals surface area (Å²) < 4.78 is 0. The summed E-state index contributed by atoms with van der Waals surface area (Å²) in [6.45, 7) is 3.70. The fourth-order valence-corrected chi connectivity index (χ4v) is 3.56. The number of ketones is 1. The average Bonchev–Trinajstić information content (AvgIpc) is 2.79. The smallest absolute Gasteiger partial charge is 0.316 e. The molecule has 3 amide bonds. The van der Waals surface area contributed by atoms with Crippen molar-refractivity contribution in [1.29, 1.82) is 0 Å². The van der Waals surface area contributed by atoms with Crippen LogP contribution in [-0.2, 0) is 14.4 Å². The Morgan fingerprint density at radius 2 is 1.75 bits per heavy atom. The number of rotatable bonds is 7. The van der Waals surface area contributed by atoms with Crippen LogP contribution in [0.4, 0.5) is 4.79 Å². The summed E-state index contributed by atoms with van der Waals surface area (Å²) >= 11 is 0. The first-order valence-corrected chi connectivity index (χ1v) is 10.3. The van der Waals surface area contributed by atoms with Gasteiger partial charge in [0.1, 0.15) is 0 Å². The molecule has 1 heterocycles. The van der Waals surface area contributed by atoms with Crippen molar-refractivity contribution >= 4 is 23.7 Å². The highest BCUT2D eigenvalue weighted by atomic mass is 16.4. The Bertz CT molecular complexity index is 1060. The van der Waals surface area contributed by atoms with Gasteiger partial charge in [-0.3, -0.25) is 14.4 Å². The minimum absolute atomic E-state index is 0.356. The molecule has 1 aliphatic rings. The van der Waals surface area contributed by atoms with E-state index in [1.165, 1.54) is 11.1 Å². The lowest BCUT2D eigenvalue weighted by molar-refractivity contribution is -0.138. The van der Waals surface area contributed by atoms with Crippen LogP contribution in [-0.4, -0.2) is 46.3 Å². The summed E-state index contributed by atoms with van der Waals surface area (Å²) in [6, 6.07) is 13.8. The van der Waals surface area contributed by atoms with Gasteiger partial charge in [0.25, 0.3) is 5.91 Å². The fraction of sp³-hybridized carbons (Fsp3) is 0.250. The maximum absolute atomic E-state index is 12.7. The van der Waals surface area contributed by atoms with Gasteiger partial charge in [-0.2, -0.15) is 0 Å². The number of urea groups is 1. The number of nitrogens with zero attached hydrogens (tertiary/aromatic N) is 1. The Morgan fingerprint density at radius 1 is 1.06 bits per heavy atom. The average molecular weight is 435 g/mol. The minimum atomic E-state index is -1.35. The third-order valence-electron chi connectivity index (χ3n) is 5.23. The zero-order valence-electron chi connectivity index (χ0n) is 17.9. The fourth-order valence-electron chi connectivity index (χ4n) is 3.56. The zero-order chi connectivity index (χ0) is 23.3. The summed E-state index contributed by atoms with van der Waals surface area (Å²) in [5.74, 6) is -2.11. The van der Waals surface area contributed by atoms with E-state index in [1.54, 1.807) is 26.0 Å². The molecule has 0 bridgehead atoms. The number of nitrogens with one attached hydrogen (secondary N) is 2. The van der Waals surface area contributed by atoms with Crippen molar-refractivity contribution in [3.8, 4) is 11.1 Å². The molecule has 1 unspecified atom stereocenters. The largest absolute Gasteiger partial charge is 0.481 e. The Morgan fingerprint density at radius 3 is 2.41 bits per heavy atom. The van der Waals surface area contributed by atoms with Crippen molar-refractivity contribution in [3.63, 3.8) is 0 Å². The number of carbonyl (C=O) groups excluding carboxylic acids is 3. The predicted octanol–water partition coefficient (Wildman–Crippen LogP) is 2.87. The zero-order valence-corrected chi connectivity index (χ0v) is 17.9. The quantitative estimate of drug-likeness (QED) is 0.579. The van der Waals surface area contributed by atoms with Crippen molar-refractivity contribution in [2.75, 3.05) is 6.54 Å². The summed E-state index contributed by atoms with van der Waals surface area (Å²) in [7, 11) is 0. The summed E-state index contributed by atoms with van der Waals surface area (Å²) in [5.41, 5.74) is 2.77. The van der Waals surface area contributed by atoms with Crippen molar-refractivity contribution in [1.82, 2.24) is 15.5 Å². The number of amides is 3. The number of carboxylic acids is 1. The maximum Gasteiger partial charge on any atom is 0.316 e. The van der Waals surface area contributed by atoms with Crippen LogP contribution < -0.4 is 10.6 Å². The van der Waals surface area contributed by atoms with Gasteiger partial charge >= 0.3 is 12.0 Å². The van der Waals surface area contributed by atoms with Gasteiger partial charge < -0.3 is 20.6 Å². The lowest BCUT2D eigenvalue weighted by Crippen LogP contribution is -2.56. The molecule has 0 saturated heterocycles. The van der Waals surface area contributed by atoms with Gasteiger partial charge in [0.2, 0.25) is 0 Å². The van der Waals surface area contributed by atoms with Crippen LogP contribution in [0.1, 0.15) is 31.9 Å². The summed E-state index contributed by atoms with van der Waals surface area (Å²) in [6.07, 6.45) is 1.10. The molecule has 0 aliphatic carbocycles. The van der Waals surface area contributed by atoms with E-state index in [4.69, 9.17) is 0 Å². The van der Waals surface area contributed by atoms with E-state index >= 15 is 0 Å². The number of benzene rings is 2. The predicted molar refractivity (Wildman–Crippen MR) is 118 cm³/mol. The third-order valence-corrected chi connectivity index (χ3v) is 5.23. The van der Waals surface area contributed by atoms with E-state index in [-0.39, 0.29) is 6.42 Å². The van der Waals surface area contributed by atoms with Gasteiger partial charge in [-0.15, -0.1) is 0 Å². The van der Waals surface area contributed by atoms with Crippen molar-refractivity contribution < 1.29 is 24.3 Å². The molecule has 32 heavy (non-hydrogen) atoms. The van der Waals surface area contributed by atoms with E-state index in [2.05, 4.69) is 10.6 Å². The second-order valence-corrected chi connectivity index (χ2v) is 7.49. The minimum Gasteiger partial charge on any atom is -0.481 e. The molecule has 0 fully saturated rings. The molecule has 2 aromatic rings.